The molecule has 0 amide bonds. The summed E-state index contributed by atoms with van der Waals surface area (Å²) in [4.78, 5) is 2.03. The van der Waals surface area contributed by atoms with Gasteiger partial charge in [0.25, 0.3) is 0 Å². The van der Waals surface area contributed by atoms with E-state index in [1.54, 1.807) is 0 Å². The number of fused-ring (bicyclic) bond motifs is 1. The number of nitrogens with zero attached hydrogens (tertiary/aromatic N) is 3. The largest absolute Gasteiger partial charge is 0.376 e. The van der Waals surface area contributed by atoms with Crippen molar-refractivity contribution in [2.24, 2.45) is 0 Å². The van der Waals surface area contributed by atoms with Crippen LogP contribution in [0.2, 0.25) is 0 Å². The Morgan fingerprint density at radius 3 is 2.59 bits per heavy atom. The summed E-state index contributed by atoms with van der Waals surface area (Å²) in [6.45, 7) is 0. The Morgan fingerprint density at radius 2 is 1.88 bits per heavy atom. The number of anilines is 1. The maximum Gasteiger partial charge on any atom is 0.158 e. The molecule has 1 saturated heterocycles. The zero-order chi connectivity index (χ0) is 11.8. The smallest absolute Gasteiger partial charge is 0.158 e. The van der Waals surface area contributed by atoms with Gasteiger partial charge in [0.2, 0.25) is 0 Å². The van der Waals surface area contributed by atoms with E-state index in [1.165, 1.54) is 17.1 Å². The van der Waals surface area contributed by atoms with Crippen LogP contribution in [0.15, 0.2) is 16.8 Å². The Morgan fingerprint density at radius 1 is 1.18 bits per heavy atom. The van der Waals surface area contributed by atoms with Gasteiger partial charge in [0.15, 0.2) is 5.52 Å². The van der Waals surface area contributed by atoms with Crippen LogP contribution in [0.4, 0.5) is 5.69 Å². The quantitative estimate of drug-likeness (QED) is 0.833. The average molecular weight is 267 g/mol. The topological polar surface area (TPSA) is 42.2 Å². The number of thioether (sulfide) groups is 2. The van der Waals surface area contributed by atoms with Gasteiger partial charge in [-0.05, 0) is 16.4 Å². The molecule has 1 fully saturated rings. The lowest BCUT2D eigenvalue weighted by Crippen LogP contribution is -2.09. The van der Waals surface area contributed by atoms with Crippen LogP contribution in [-0.2, 0) is 0 Å². The fraction of sp³-hybridized carbons (Fsp3) is 0.455. The van der Waals surface area contributed by atoms with Crippen molar-refractivity contribution in [3.63, 3.8) is 0 Å². The van der Waals surface area contributed by atoms with E-state index in [0.717, 1.165) is 16.7 Å². The molecular formula is C11H13N3OS2. The molecular weight excluding hydrogens is 254 g/mol. The summed E-state index contributed by atoms with van der Waals surface area (Å²) < 4.78 is 5.38. The van der Waals surface area contributed by atoms with E-state index in [2.05, 4.69) is 22.4 Å². The van der Waals surface area contributed by atoms with Crippen LogP contribution >= 0.6 is 23.5 Å². The van der Waals surface area contributed by atoms with E-state index in [9.17, 15) is 0 Å². The van der Waals surface area contributed by atoms with Gasteiger partial charge in [-0.15, -0.1) is 23.5 Å². The second-order valence-electron chi connectivity index (χ2n) is 4.10. The van der Waals surface area contributed by atoms with Crippen molar-refractivity contribution in [2.45, 2.75) is 4.58 Å². The van der Waals surface area contributed by atoms with Gasteiger partial charge in [0, 0.05) is 31.2 Å². The average Bonchev–Trinajstić information content (AvgIpc) is 2.98. The maximum atomic E-state index is 4.91. The first-order valence-electron chi connectivity index (χ1n) is 5.43. The second-order valence-corrected chi connectivity index (χ2v) is 6.83. The minimum absolute atomic E-state index is 0.473. The zero-order valence-corrected chi connectivity index (χ0v) is 11.3. The highest BCUT2D eigenvalue weighted by atomic mass is 32.2. The summed E-state index contributed by atoms with van der Waals surface area (Å²) >= 11 is 3.94. The molecule has 0 aliphatic carbocycles. The van der Waals surface area contributed by atoms with Gasteiger partial charge in [-0.3, -0.25) is 0 Å². The first-order chi connectivity index (χ1) is 8.27. The monoisotopic (exact) mass is 267 g/mol. The van der Waals surface area contributed by atoms with Crippen molar-refractivity contribution in [1.29, 1.82) is 0 Å². The number of aromatic nitrogens is 2. The Kier molecular flexibility index (Phi) is 2.92. The molecule has 1 aliphatic rings. The van der Waals surface area contributed by atoms with Crippen LogP contribution in [0.3, 0.4) is 0 Å². The number of benzene rings is 1. The van der Waals surface area contributed by atoms with Crippen molar-refractivity contribution < 1.29 is 4.63 Å². The number of hydrogen-bond donors (Lipinski definition) is 0. The third-order valence-electron chi connectivity index (χ3n) is 2.78. The predicted molar refractivity (Wildman–Crippen MR) is 73.8 cm³/mol. The van der Waals surface area contributed by atoms with E-state index in [4.69, 9.17) is 4.63 Å². The molecule has 3 rings (SSSR count). The highest BCUT2D eigenvalue weighted by Crippen LogP contribution is 2.47. The zero-order valence-electron chi connectivity index (χ0n) is 9.71. The fourth-order valence-corrected chi connectivity index (χ4v) is 4.86. The van der Waals surface area contributed by atoms with Crippen LogP contribution in [0, 0.1) is 0 Å². The molecule has 6 heteroatoms. The Balaban J connectivity index is 2.14. The van der Waals surface area contributed by atoms with Crippen LogP contribution < -0.4 is 4.90 Å². The van der Waals surface area contributed by atoms with Crippen molar-refractivity contribution >= 4 is 40.2 Å². The summed E-state index contributed by atoms with van der Waals surface area (Å²) in [6.07, 6.45) is 0. The van der Waals surface area contributed by atoms with Gasteiger partial charge < -0.3 is 4.90 Å². The van der Waals surface area contributed by atoms with Crippen LogP contribution in [-0.4, -0.2) is 35.9 Å². The Labute approximate surface area is 108 Å². The molecule has 0 saturated carbocycles. The minimum atomic E-state index is 0.473. The lowest BCUT2D eigenvalue weighted by atomic mass is 10.1. The molecule has 17 heavy (non-hydrogen) atoms. The van der Waals surface area contributed by atoms with Gasteiger partial charge in [0.1, 0.15) is 5.52 Å². The third kappa shape index (κ3) is 1.89. The summed E-state index contributed by atoms with van der Waals surface area (Å²) in [5.41, 5.74) is 4.06. The molecule has 0 N–H and O–H groups in total. The Bertz CT molecular complexity index is 534. The van der Waals surface area contributed by atoms with E-state index in [-0.39, 0.29) is 0 Å². The molecule has 0 unspecified atom stereocenters. The van der Waals surface area contributed by atoms with E-state index in [1.807, 2.05) is 42.5 Å². The van der Waals surface area contributed by atoms with Crippen molar-refractivity contribution in [3.8, 4) is 0 Å². The van der Waals surface area contributed by atoms with Crippen molar-refractivity contribution in [1.82, 2.24) is 10.3 Å². The number of rotatable bonds is 2. The first kappa shape index (κ1) is 11.2. The van der Waals surface area contributed by atoms with Gasteiger partial charge in [-0.25, -0.2) is 4.63 Å². The van der Waals surface area contributed by atoms with Gasteiger partial charge in [0.05, 0.1) is 10.3 Å². The SMILES string of the molecule is CN(C)c1ccc(C2SCCS2)c2nonc12. The summed E-state index contributed by atoms with van der Waals surface area (Å²) in [7, 11) is 4.00. The highest BCUT2D eigenvalue weighted by molar-refractivity contribution is 8.19. The van der Waals surface area contributed by atoms with Gasteiger partial charge >= 0.3 is 0 Å². The molecule has 1 aliphatic heterocycles. The lowest BCUT2D eigenvalue weighted by Gasteiger charge is -2.14. The minimum Gasteiger partial charge on any atom is -0.376 e. The second kappa shape index (κ2) is 4.42. The van der Waals surface area contributed by atoms with E-state index < -0.39 is 0 Å². The molecule has 0 radical (unpaired) electrons. The predicted octanol–water partition coefficient (Wildman–Crippen LogP) is 2.77. The van der Waals surface area contributed by atoms with Crippen molar-refractivity contribution in [2.75, 3.05) is 30.5 Å². The molecule has 0 bridgehead atoms. The summed E-state index contributed by atoms with van der Waals surface area (Å²) in [6, 6.07) is 4.25. The maximum absolute atomic E-state index is 4.91. The van der Waals surface area contributed by atoms with Gasteiger partial charge in [-0.2, -0.15) is 0 Å². The summed E-state index contributed by atoms with van der Waals surface area (Å²) in [5.74, 6) is 2.41. The normalized spacial score (nSPS) is 16.8. The van der Waals surface area contributed by atoms with Crippen molar-refractivity contribution in [3.05, 3.63) is 17.7 Å². The lowest BCUT2D eigenvalue weighted by molar-refractivity contribution is 0.315. The number of hydrogen-bond acceptors (Lipinski definition) is 6. The molecule has 1 aromatic heterocycles. The van der Waals surface area contributed by atoms with Gasteiger partial charge in [-0.1, -0.05) is 6.07 Å². The fourth-order valence-electron chi connectivity index (χ4n) is 1.96. The molecule has 4 nitrogen and oxygen atoms in total. The van der Waals surface area contributed by atoms with E-state index >= 15 is 0 Å². The Hall–Kier alpha value is -0.880. The molecule has 0 atom stereocenters. The van der Waals surface area contributed by atoms with Crippen LogP contribution in [0.5, 0.6) is 0 Å². The standard InChI is InChI=1S/C11H13N3OS2/c1-14(2)8-4-3-7(11-16-5-6-17-11)9-10(8)13-15-12-9/h3-4,11H,5-6H2,1-2H3. The third-order valence-corrected chi connectivity index (χ3v) is 5.85. The van der Waals surface area contributed by atoms with Crippen LogP contribution in [0.1, 0.15) is 10.1 Å². The molecule has 1 aromatic carbocycles. The molecule has 2 heterocycles. The molecule has 90 valence electrons. The first-order valence-corrected chi connectivity index (χ1v) is 7.53. The summed E-state index contributed by atoms with van der Waals surface area (Å²) in [5, 5.41) is 8.09. The van der Waals surface area contributed by atoms with E-state index in [0.29, 0.717) is 4.58 Å². The molecule has 0 spiro atoms. The highest BCUT2D eigenvalue weighted by Gasteiger charge is 2.23. The van der Waals surface area contributed by atoms with Crippen LogP contribution in [0.25, 0.3) is 11.0 Å². The molecule has 2 aromatic rings.